The van der Waals surface area contributed by atoms with Crippen LogP contribution in [0.4, 0.5) is 4.79 Å². The Morgan fingerprint density at radius 3 is 2.93 bits per heavy atom. The summed E-state index contributed by atoms with van der Waals surface area (Å²) in [6.45, 7) is 0. The maximum atomic E-state index is 11.0. The average molecular weight is 184 g/mol. The zero-order valence-electron chi connectivity index (χ0n) is 7.01. The molecular formula is C9H4N4O. The van der Waals surface area contributed by atoms with E-state index in [0.717, 1.165) is 10.9 Å². The Morgan fingerprint density at radius 1 is 1.07 bits per heavy atom. The standard InChI is InChI=1S/C9H4N4O/c14-9-11-7-2-1-6-5(8(7)12-9)3-4-10-13-6/h1-4H. The average Bonchev–Trinajstić information content (AvgIpc) is 2.59. The van der Waals surface area contributed by atoms with Crippen LogP contribution in [0.25, 0.3) is 10.9 Å². The summed E-state index contributed by atoms with van der Waals surface area (Å²) in [5.41, 5.74) is 0.722. The lowest BCUT2D eigenvalue weighted by Gasteiger charge is -1.91. The number of hydrogen-bond acceptors (Lipinski definition) is 3. The maximum Gasteiger partial charge on any atom is 0.368 e. The molecule has 0 bridgehead atoms. The Labute approximate surface area is 77.8 Å². The van der Waals surface area contributed by atoms with Gasteiger partial charge in [-0.2, -0.15) is 20.2 Å². The van der Waals surface area contributed by atoms with E-state index < -0.39 is 6.03 Å². The smallest absolute Gasteiger partial charge is 0.244 e. The molecule has 0 saturated carbocycles. The highest BCUT2D eigenvalue weighted by Gasteiger charge is 2.07. The molecule has 0 radical (unpaired) electrons. The van der Waals surface area contributed by atoms with Crippen LogP contribution in [-0.4, -0.2) is 16.2 Å². The van der Waals surface area contributed by atoms with Gasteiger partial charge in [-0.3, -0.25) is 0 Å². The molecule has 2 heterocycles. The third kappa shape index (κ3) is 0.861. The van der Waals surface area contributed by atoms with Crippen molar-refractivity contribution < 1.29 is 4.79 Å². The van der Waals surface area contributed by atoms with Gasteiger partial charge in [0.1, 0.15) is 5.36 Å². The van der Waals surface area contributed by atoms with Gasteiger partial charge in [-0.25, -0.2) is 4.79 Å². The first-order valence-corrected chi connectivity index (χ1v) is 4.06. The minimum absolute atomic E-state index is 0.454. The van der Waals surface area contributed by atoms with Crippen molar-refractivity contribution in [1.29, 1.82) is 0 Å². The Bertz CT molecular complexity index is 662. The minimum Gasteiger partial charge on any atom is -0.244 e. The largest absolute Gasteiger partial charge is 0.368 e. The lowest BCUT2D eigenvalue weighted by atomic mass is 10.2. The molecular weight excluding hydrogens is 180 g/mol. The van der Waals surface area contributed by atoms with Crippen LogP contribution in [0.5, 0.6) is 0 Å². The predicted molar refractivity (Wildman–Crippen MR) is 47.2 cm³/mol. The molecule has 5 nitrogen and oxygen atoms in total. The third-order valence-electron chi connectivity index (χ3n) is 2.07. The van der Waals surface area contributed by atoms with Gasteiger partial charge in [-0.1, -0.05) is 0 Å². The number of amides is 2. The summed E-state index contributed by atoms with van der Waals surface area (Å²) in [6, 6.07) is 4.82. The third-order valence-corrected chi connectivity index (χ3v) is 2.07. The first-order valence-electron chi connectivity index (χ1n) is 4.06. The Hall–Kier alpha value is -2.17. The summed E-state index contributed by atoms with van der Waals surface area (Å²) in [7, 11) is 0. The number of carbonyl (C=O) groups is 1. The van der Waals surface area contributed by atoms with Crippen LogP contribution >= 0.6 is 0 Å². The van der Waals surface area contributed by atoms with Crippen LogP contribution in [0, 0.1) is 0 Å². The molecule has 2 amide bonds. The van der Waals surface area contributed by atoms with Gasteiger partial charge in [-0.05, 0) is 18.2 Å². The van der Waals surface area contributed by atoms with E-state index in [4.69, 9.17) is 0 Å². The molecule has 0 N–H and O–H groups in total. The van der Waals surface area contributed by atoms with E-state index in [-0.39, 0.29) is 0 Å². The van der Waals surface area contributed by atoms with Crippen molar-refractivity contribution in [2.45, 2.75) is 0 Å². The Morgan fingerprint density at radius 2 is 2.00 bits per heavy atom. The molecule has 1 aliphatic rings. The number of urea groups is 1. The van der Waals surface area contributed by atoms with Crippen molar-refractivity contribution in [3.63, 3.8) is 0 Å². The number of nitrogens with zero attached hydrogens (tertiary/aromatic N) is 4. The molecule has 1 aromatic carbocycles. The zero-order valence-corrected chi connectivity index (χ0v) is 7.01. The van der Waals surface area contributed by atoms with Gasteiger partial charge in [0.15, 0.2) is 0 Å². The fourth-order valence-electron chi connectivity index (χ4n) is 1.47. The molecule has 3 rings (SSSR count). The molecule has 5 heteroatoms. The monoisotopic (exact) mass is 184 g/mol. The van der Waals surface area contributed by atoms with E-state index in [1.165, 1.54) is 0 Å². The van der Waals surface area contributed by atoms with Crippen molar-refractivity contribution in [2.75, 3.05) is 0 Å². The van der Waals surface area contributed by atoms with Crippen molar-refractivity contribution in [3.05, 3.63) is 35.1 Å². The van der Waals surface area contributed by atoms with Crippen molar-refractivity contribution in [2.24, 2.45) is 9.98 Å². The summed E-state index contributed by atoms with van der Waals surface area (Å²) in [6.07, 6.45) is 1.57. The van der Waals surface area contributed by atoms with Crippen molar-refractivity contribution in [1.82, 2.24) is 10.2 Å². The molecule has 0 unspecified atom stereocenters. The number of benzene rings is 1. The lowest BCUT2D eigenvalue weighted by Crippen LogP contribution is -2.22. The number of hydrogen-bond donors (Lipinski definition) is 0. The second-order valence-electron chi connectivity index (χ2n) is 2.90. The highest BCUT2D eigenvalue weighted by molar-refractivity contribution is 5.83. The summed E-state index contributed by atoms with van der Waals surface area (Å²) in [5.74, 6) is 0. The number of aromatic nitrogens is 2. The second kappa shape index (κ2) is 2.41. The Balaban J connectivity index is 2.65. The van der Waals surface area contributed by atoms with Crippen molar-refractivity contribution in [3.8, 4) is 0 Å². The molecule has 1 aromatic heterocycles. The summed E-state index contributed by atoms with van der Waals surface area (Å²) >= 11 is 0. The molecule has 1 aliphatic heterocycles. The Kier molecular flexibility index (Phi) is 1.25. The van der Waals surface area contributed by atoms with Gasteiger partial charge in [0.2, 0.25) is 0 Å². The van der Waals surface area contributed by atoms with Crippen LogP contribution in [0.1, 0.15) is 0 Å². The van der Waals surface area contributed by atoms with Crippen LogP contribution in [0.3, 0.4) is 0 Å². The predicted octanol–water partition coefficient (Wildman–Crippen LogP) is 0.00260. The van der Waals surface area contributed by atoms with E-state index in [1.54, 1.807) is 24.4 Å². The molecule has 0 fully saturated rings. The first-order chi connectivity index (χ1) is 6.84. The van der Waals surface area contributed by atoms with E-state index in [1.807, 2.05) is 0 Å². The van der Waals surface area contributed by atoms with Crippen LogP contribution in [0.2, 0.25) is 0 Å². The topological polar surface area (TPSA) is 67.6 Å². The summed E-state index contributed by atoms with van der Waals surface area (Å²) in [4.78, 5) is 18.5. The number of carbonyl (C=O) groups excluding carboxylic acids is 1. The molecule has 0 aliphatic carbocycles. The second-order valence-corrected chi connectivity index (χ2v) is 2.90. The van der Waals surface area contributed by atoms with E-state index in [0.29, 0.717) is 10.7 Å². The van der Waals surface area contributed by atoms with Gasteiger partial charge in [0.25, 0.3) is 0 Å². The highest BCUT2D eigenvalue weighted by Crippen LogP contribution is 2.02. The number of rotatable bonds is 0. The van der Waals surface area contributed by atoms with Gasteiger partial charge >= 0.3 is 6.03 Å². The maximum absolute atomic E-state index is 11.0. The summed E-state index contributed by atoms with van der Waals surface area (Å²) in [5, 5.41) is 9.69. The molecule has 14 heavy (non-hydrogen) atoms. The molecule has 2 aromatic rings. The zero-order chi connectivity index (χ0) is 9.54. The van der Waals surface area contributed by atoms with E-state index >= 15 is 0 Å². The molecule has 0 atom stereocenters. The molecule has 0 spiro atoms. The first kappa shape index (κ1) is 7.25. The van der Waals surface area contributed by atoms with Crippen molar-refractivity contribution >= 4 is 16.9 Å². The van der Waals surface area contributed by atoms with E-state index in [9.17, 15) is 4.79 Å². The van der Waals surface area contributed by atoms with Gasteiger partial charge < -0.3 is 0 Å². The quantitative estimate of drug-likeness (QED) is 0.578. The highest BCUT2D eigenvalue weighted by atomic mass is 16.2. The fourth-order valence-corrected chi connectivity index (χ4v) is 1.47. The van der Waals surface area contributed by atoms with Gasteiger partial charge in [0.05, 0.1) is 17.1 Å². The van der Waals surface area contributed by atoms with Gasteiger partial charge in [0, 0.05) is 5.39 Å². The van der Waals surface area contributed by atoms with Gasteiger partial charge in [-0.15, -0.1) is 0 Å². The fraction of sp³-hybridized carbons (Fsp3) is 0. The van der Waals surface area contributed by atoms with Crippen LogP contribution < -0.4 is 10.7 Å². The molecule has 0 saturated heterocycles. The van der Waals surface area contributed by atoms with Crippen LogP contribution in [0.15, 0.2) is 34.4 Å². The number of fused-ring (bicyclic) bond motifs is 3. The normalized spacial score (nSPS) is 13.6. The lowest BCUT2D eigenvalue weighted by molar-refractivity contribution is 0.257. The SMILES string of the molecule is O=C1N=c2ccc3nnccc3c2=N1. The van der Waals surface area contributed by atoms with Crippen LogP contribution in [-0.2, 0) is 0 Å². The molecule has 66 valence electrons. The minimum atomic E-state index is -0.454. The summed E-state index contributed by atoms with van der Waals surface area (Å²) < 4.78 is 0. The van der Waals surface area contributed by atoms with E-state index in [2.05, 4.69) is 20.2 Å².